The molecule has 4 heteroatoms. The van der Waals surface area contributed by atoms with Crippen LogP contribution in [0.1, 0.15) is 11.3 Å². The van der Waals surface area contributed by atoms with Crippen molar-refractivity contribution in [3.05, 3.63) is 47.0 Å². The van der Waals surface area contributed by atoms with Gasteiger partial charge < -0.3 is 10.1 Å². The lowest BCUT2D eigenvalue weighted by Crippen LogP contribution is -2.15. The van der Waals surface area contributed by atoms with Crippen LogP contribution < -0.4 is 5.32 Å². The highest BCUT2D eigenvalue weighted by atomic mass is 35.5. The van der Waals surface area contributed by atoms with E-state index in [1.807, 2.05) is 12.1 Å². The summed E-state index contributed by atoms with van der Waals surface area (Å²) in [4.78, 5) is 1.20. The number of hydrogen-bond donors (Lipinski definition) is 1. The number of thiophene rings is 1. The molecule has 18 heavy (non-hydrogen) atoms. The van der Waals surface area contributed by atoms with E-state index >= 15 is 0 Å². The van der Waals surface area contributed by atoms with Gasteiger partial charge in [-0.1, -0.05) is 36.4 Å². The maximum Gasteiger partial charge on any atom is 0.0885 e. The van der Waals surface area contributed by atoms with Crippen molar-refractivity contribution in [1.82, 2.24) is 5.32 Å². The highest BCUT2D eigenvalue weighted by Crippen LogP contribution is 2.34. The molecule has 1 aromatic heterocycles. The van der Waals surface area contributed by atoms with Crippen LogP contribution in [0.3, 0.4) is 0 Å². The first kappa shape index (κ1) is 13.4. The summed E-state index contributed by atoms with van der Waals surface area (Å²) in [5, 5.41) is 5.40. The first-order valence-electron chi connectivity index (χ1n) is 5.92. The second-order valence-electron chi connectivity index (χ2n) is 3.90. The van der Waals surface area contributed by atoms with Gasteiger partial charge in [-0.15, -0.1) is 11.3 Å². The summed E-state index contributed by atoms with van der Waals surface area (Å²) >= 11 is 8.10. The van der Waals surface area contributed by atoms with E-state index in [2.05, 4.69) is 24.0 Å². The van der Waals surface area contributed by atoms with Crippen LogP contribution in [0.4, 0.5) is 0 Å². The van der Waals surface area contributed by atoms with Crippen molar-refractivity contribution in [1.29, 1.82) is 0 Å². The van der Waals surface area contributed by atoms with Crippen molar-refractivity contribution in [2.24, 2.45) is 0 Å². The Morgan fingerprint density at radius 2 is 2.22 bits per heavy atom. The van der Waals surface area contributed by atoms with Crippen molar-refractivity contribution in [3.8, 4) is 0 Å². The fourth-order valence-electron chi connectivity index (χ4n) is 1.74. The molecular formula is C14H16ClNOS. The number of fused-ring (bicyclic) bond motifs is 1. The fourth-order valence-corrected chi connectivity index (χ4v) is 3.21. The molecule has 0 radical (unpaired) electrons. The summed E-state index contributed by atoms with van der Waals surface area (Å²) < 4.78 is 6.30. The molecule has 0 aliphatic rings. The topological polar surface area (TPSA) is 21.3 Å². The van der Waals surface area contributed by atoms with Gasteiger partial charge in [0.1, 0.15) is 0 Å². The molecule has 0 fully saturated rings. The van der Waals surface area contributed by atoms with Crippen LogP contribution >= 0.6 is 22.9 Å². The van der Waals surface area contributed by atoms with Gasteiger partial charge in [0.05, 0.1) is 17.9 Å². The van der Waals surface area contributed by atoms with E-state index in [0.29, 0.717) is 6.61 Å². The van der Waals surface area contributed by atoms with Gasteiger partial charge in [0.25, 0.3) is 0 Å². The lowest BCUT2D eigenvalue weighted by Gasteiger charge is -2.03. The molecule has 96 valence electrons. The molecule has 1 aromatic carbocycles. The maximum absolute atomic E-state index is 6.35. The van der Waals surface area contributed by atoms with Crippen LogP contribution in [0.5, 0.6) is 0 Å². The van der Waals surface area contributed by atoms with E-state index in [1.54, 1.807) is 11.3 Å². The van der Waals surface area contributed by atoms with Crippen LogP contribution in [-0.2, 0) is 11.3 Å². The largest absolute Gasteiger partial charge is 0.502 e. The van der Waals surface area contributed by atoms with E-state index in [1.165, 1.54) is 15.8 Å². The van der Waals surface area contributed by atoms with Crippen molar-refractivity contribution in [2.45, 2.75) is 13.0 Å². The predicted octanol–water partition coefficient (Wildman–Crippen LogP) is 4.19. The Bertz CT molecular complexity index is 523. The summed E-state index contributed by atoms with van der Waals surface area (Å²) in [6, 6.07) is 8.23. The Labute approximate surface area is 116 Å². The minimum atomic E-state index is 0.705. The van der Waals surface area contributed by atoms with Gasteiger partial charge in [-0.2, -0.15) is 0 Å². The molecule has 1 heterocycles. The summed E-state index contributed by atoms with van der Waals surface area (Å²) in [6.07, 6.45) is 2.44. The Hall–Kier alpha value is -1.03. The molecular weight excluding hydrogens is 266 g/mol. The van der Waals surface area contributed by atoms with Crippen LogP contribution in [0.2, 0.25) is 5.02 Å². The average molecular weight is 282 g/mol. The Balaban J connectivity index is 1.88. The van der Waals surface area contributed by atoms with Gasteiger partial charge in [-0.3, -0.25) is 0 Å². The van der Waals surface area contributed by atoms with Gasteiger partial charge in [-0.05, 0) is 19.0 Å². The second-order valence-corrected chi connectivity index (χ2v) is 5.42. The molecule has 0 saturated heterocycles. The van der Waals surface area contributed by atoms with E-state index in [-0.39, 0.29) is 0 Å². The zero-order valence-electron chi connectivity index (χ0n) is 10.1. The molecule has 2 nitrogen and oxygen atoms in total. The predicted molar refractivity (Wildman–Crippen MR) is 79.3 cm³/mol. The van der Waals surface area contributed by atoms with E-state index < -0.39 is 0 Å². The lowest BCUT2D eigenvalue weighted by molar-refractivity contribution is 0.244. The monoisotopic (exact) mass is 281 g/mol. The smallest absolute Gasteiger partial charge is 0.0885 e. The molecule has 0 saturated carbocycles. The van der Waals surface area contributed by atoms with Gasteiger partial charge in [0.2, 0.25) is 0 Å². The summed E-state index contributed by atoms with van der Waals surface area (Å²) in [5.41, 5.74) is 0. The quantitative estimate of drug-likeness (QED) is 0.607. The summed E-state index contributed by atoms with van der Waals surface area (Å²) in [7, 11) is 0. The Kier molecular flexibility index (Phi) is 5.05. The van der Waals surface area contributed by atoms with Gasteiger partial charge in [0, 0.05) is 21.5 Å². The third kappa shape index (κ3) is 3.25. The maximum atomic E-state index is 6.35. The molecule has 0 aliphatic heterocycles. The Morgan fingerprint density at radius 1 is 1.39 bits per heavy atom. The molecule has 2 rings (SSSR count). The molecule has 0 amide bonds. The zero-order chi connectivity index (χ0) is 12.8. The van der Waals surface area contributed by atoms with E-state index in [9.17, 15) is 0 Å². The van der Waals surface area contributed by atoms with E-state index in [0.717, 1.165) is 29.9 Å². The highest BCUT2D eigenvalue weighted by molar-refractivity contribution is 7.19. The van der Waals surface area contributed by atoms with Gasteiger partial charge in [0.15, 0.2) is 0 Å². The molecule has 1 N–H and O–H groups in total. The van der Waals surface area contributed by atoms with Crippen LogP contribution in [0.25, 0.3) is 10.1 Å². The number of hydrogen-bond acceptors (Lipinski definition) is 3. The third-order valence-corrected chi connectivity index (χ3v) is 4.34. The first-order chi connectivity index (χ1) is 8.83. The summed E-state index contributed by atoms with van der Waals surface area (Å²) in [6.45, 7) is 5.94. The SMILES string of the molecule is C=COCCCNCc1sc2ccccc2c1Cl. The molecule has 0 aliphatic carbocycles. The highest BCUT2D eigenvalue weighted by Gasteiger charge is 2.08. The van der Waals surface area contributed by atoms with Gasteiger partial charge in [-0.25, -0.2) is 0 Å². The first-order valence-corrected chi connectivity index (χ1v) is 7.11. The van der Waals surface area contributed by atoms with E-state index in [4.69, 9.17) is 16.3 Å². The van der Waals surface area contributed by atoms with Crippen LogP contribution in [0, 0.1) is 0 Å². The minimum absolute atomic E-state index is 0.705. The number of rotatable bonds is 7. The van der Waals surface area contributed by atoms with Crippen LogP contribution in [-0.4, -0.2) is 13.2 Å². The summed E-state index contributed by atoms with van der Waals surface area (Å²) in [5.74, 6) is 0. The zero-order valence-corrected chi connectivity index (χ0v) is 11.7. The average Bonchev–Trinajstić information content (AvgIpc) is 2.71. The number of nitrogens with one attached hydrogen (secondary N) is 1. The molecule has 0 spiro atoms. The third-order valence-electron chi connectivity index (χ3n) is 2.62. The van der Waals surface area contributed by atoms with Crippen molar-refractivity contribution in [3.63, 3.8) is 0 Å². The normalized spacial score (nSPS) is 10.7. The number of benzene rings is 1. The number of ether oxygens (including phenoxy) is 1. The lowest BCUT2D eigenvalue weighted by atomic mass is 10.2. The van der Waals surface area contributed by atoms with Gasteiger partial charge >= 0.3 is 0 Å². The fraction of sp³-hybridized carbons (Fsp3) is 0.286. The molecule has 2 aromatic rings. The second kappa shape index (κ2) is 6.78. The molecule has 0 bridgehead atoms. The van der Waals surface area contributed by atoms with Crippen LogP contribution in [0.15, 0.2) is 37.1 Å². The van der Waals surface area contributed by atoms with Crippen molar-refractivity contribution >= 4 is 33.0 Å². The van der Waals surface area contributed by atoms with Crippen molar-refractivity contribution < 1.29 is 4.74 Å². The Morgan fingerprint density at radius 3 is 3.00 bits per heavy atom. The minimum Gasteiger partial charge on any atom is -0.502 e. The standard InChI is InChI=1S/C14H16ClNOS/c1-2-17-9-5-8-16-10-13-14(15)11-6-3-4-7-12(11)18-13/h2-4,6-7,16H,1,5,8-10H2. The molecule has 0 unspecified atom stereocenters. The van der Waals surface area contributed by atoms with Crippen molar-refractivity contribution in [2.75, 3.05) is 13.2 Å². The molecule has 0 atom stereocenters. The number of halogens is 1.